The highest BCUT2D eigenvalue weighted by Gasteiger charge is 2.18. The first-order valence-electron chi connectivity index (χ1n) is 5.99. The molecule has 0 amide bonds. The molecule has 1 heterocycles. The molecule has 0 aliphatic rings. The summed E-state index contributed by atoms with van der Waals surface area (Å²) in [7, 11) is 3.34. The minimum Gasteiger partial charge on any atom is -0.496 e. The van der Waals surface area contributed by atoms with Crippen LogP contribution in [0.25, 0.3) is 0 Å². The molecule has 0 saturated carbocycles. The second-order valence-corrected chi connectivity index (χ2v) is 5.04. The van der Waals surface area contributed by atoms with E-state index >= 15 is 0 Å². The average Bonchev–Trinajstić information content (AvgIpc) is 2.93. The summed E-state index contributed by atoms with van der Waals surface area (Å²) in [5.41, 5.74) is 3.97. The molecule has 1 atom stereocenters. The summed E-state index contributed by atoms with van der Waals surface area (Å²) in [5, 5.41) is 2.00. The highest BCUT2D eigenvalue weighted by molar-refractivity contribution is 7.10. The SMILES string of the molecule is COc1ccccc1CC(NN)c1sccc1OC. The van der Waals surface area contributed by atoms with Crippen molar-refractivity contribution >= 4 is 11.3 Å². The second-order valence-electron chi connectivity index (χ2n) is 4.09. The fraction of sp³-hybridized carbons (Fsp3) is 0.286. The molecule has 1 unspecified atom stereocenters. The number of methoxy groups -OCH3 is 2. The van der Waals surface area contributed by atoms with Gasteiger partial charge in [-0.15, -0.1) is 11.3 Å². The van der Waals surface area contributed by atoms with Crippen molar-refractivity contribution in [1.29, 1.82) is 0 Å². The van der Waals surface area contributed by atoms with Crippen LogP contribution in [0.5, 0.6) is 11.5 Å². The van der Waals surface area contributed by atoms with Crippen molar-refractivity contribution in [2.45, 2.75) is 12.5 Å². The lowest BCUT2D eigenvalue weighted by atomic mass is 10.0. The number of benzene rings is 1. The number of hydrogen-bond donors (Lipinski definition) is 2. The molecule has 5 heteroatoms. The van der Waals surface area contributed by atoms with E-state index in [4.69, 9.17) is 15.3 Å². The normalized spacial score (nSPS) is 12.2. The van der Waals surface area contributed by atoms with Gasteiger partial charge in [0, 0.05) is 0 Å². The number of nitrogens with two attached hydrogens (primary N) is 1. The third-order valence-electron chi connectivity index (χ3n) is 3.01. The molecule has 3 N–H and O–H groups in total. The zero-order valence-corrected chi connectivity index (χ0v) is 11.9. The number of thiophene rings is 1. The quantitative estimate of drug-likeness (QED) is 0.630. The van der Waals surface area contributed by atoms with Crippen LogP contribution in [0.3, 0.4) is 0 Å². The maximum absolute atomic E-state index is 5.69. The molecule has 0 saturated heterocycles. The lowest BCUT2D eigenvalue weighted by molar-refractivity contribution is 0.396. The first-order chi connectivity index (χ1) is 9.30. The highest BCUT2D eigenvalue weighted by atomic mass is 32.1. The maximum atomic E-state index is 5.69. The van der Waals surface area contributed by atoms with E-state index in [9.17, 15) is 0 Å². The third-order valence-corrected chi connectivity index (χ3v) is 4.02. The number of para-hydroxylation sites is 1. The summed E-state index contributed by atoms with van der Waals surface area (Å²) < 4.78 is 10.7. The summed E-state index contributed by atoms with van der Waals surface area (Å²) in [6.07, 6.45) is 0.747. The van der Waals surface area contributed by atoms with Crippen LogP contribution in [0.1, 0.15) is 16.5 Å². The van der Waals surface area contributed by atoms with Crippen molar-refractivity contribution in [3.05, 3.63) is 46.2 Å². The Bertz CT molecular complexity index is 528. The van der Waals surface area contributed by atoms with Crippen LogP contribution in [-0.4, -0.2) is 14.2 Å². The van der Waals surface area contributed by atoms with Crippen molar-refractivity contribution in [2.75, 3.05) is 14.2 Å². The first-order valence-corrected chi connectivity index (χ1v) is 6.87. The predicted molar refractivity (Wildman–Crippen MR) is 77.6 cm³/mol. The molecule has 0 spiro atoms. The van der Waals surface area contributed by atoms with Crippen LogP contribution in [0.15, 0.2) is 35.7 Å². The van der Waals surface area contributed by atoms with Gasteiger partial charge in [-0.25, -0.2) is 0 Å². The van der Waals surface area contributed by atoms with E-state index in [1.807, 2.05) is 35.7 Å². The first kappa shape index (κ1) is 13.9. The van der Waals surface area contributed by atoms with Gasteiger partial charge >= 0.3 is 0 Å². The van der Waals surface area contributed by atoms with E-state index in [0.717, 1.165) is 28.4 Å². The number of hydrazine groups is 1. The lowest BCUT2D eigenvalue weighted by Crippen LogP contribution is -2.29. The Balaban J connectivity index is 2.24. The van der Waals surface area contributed by atoms with Crippen molar-refractivity contribution < 1.29 is 9.47 Å². The highest BCUT2D eigenvalue weighted by Crippen LogP contribution is 2.33. The average molecular weight is 278 g/mol. The van der Waals surface area contributed by atoms with Gasteiger partial charge in [0.2, 0.25) is 0 Å². The molecule has 19 heavy (non-hydrogen) atoms. The van der Waals surface area contributed by atoms with Gasteiger partial charge in [-0.3, -0.25) is 11.3 Å². The van der Waals surface area contributed by atoms with E-state index in [2.05, 4.69) is 5.43 Å². The van der Waals surface area contributed by atoms with Gasteiger partial charge in [0.1, 0.15) is 11.5 Å². The van der Waals surface area contributed by atoms with Crippen LogP contribution in [-0.2, 0) is 6.42 Å². The summed E-state index contributed by atoms with van der Waals surface area (Å²) in [4.78, 5) is 1.09. The molecule has 0 radical (unpaired) electrons. The molecule has 0 aliphatic carbocycles. The Morgan fingerprint density at radius 2 is 1.89 bits per heavy atom. The molecule has 0 aliphatic heterocycles. The van der Waals surface area contributed by atoms with Gasteiger partial charge in [0.05, 0.1) is 25.1 Å². The molecular weight excluding hydrogens is 260 g/mol. The predicted octanol–water partition coefficient (Wildman–Crippen LogP) is 2.51. The van der Waals surface area contributed by atoms with Gasteiger partial charge in [0.25, 0.3) is 0 Å². The molecule has 0 fully saturated rings. The zero-order valence-electron chi connectivity index (χ0n) is 11.1. The van der Waals surface area contributed by atoms with Crippen LogP contribution >= 0.6 is 11.3 Å². The van der Waals surface area contributed by atoms with E-state index < -0.39 is 0 Å². The number of ether oxygens (including phenoxy) is 2. The number of rotatable bonds is 6. The van der Waals surface area contributed by atoms with E-state index in [-0.39, 0.29) is 6.04 Å². The molecule has 2 aromatic rings. The Kier molecular flexibility index (Phi) is 4.79. The smallest absolute Gasteiger partial charge is 0.134 e. The van der Waals surface area contributed by atoms with Crippen LogP contribution in [0, 0.1) is 0 Å². The maximum Gasteiger partial charge on any atom is 0.134 e. The molecular formula is C14H18N2O2S. The minimum absolute atomic E-state index is 0.00579. The van der Waals surface area contributed by atoms with Crippen molar-refractivity contribution in [2.24, 2.45) is 5.84 Å². The molecule has 1 aromatic heterocycles. The monoisotopic (exact) mass is 278 g/mol. The number of nitrogens with one attached hydrogen (secondary N) is 1. The second kappa shape index (κ2) is 6.56. The summed E-state index contributed by atoms with van der Waals surface area (Å²) >= 11 is 1.63. The minimum atomic E-state index is 0.00579. The third kappa shape index (κ3) is 3.07. The standard InChI is InChI=1S/C14H18N2O2S/c1-17-12-6-4-3-5-10(12)9-11(16-15)14-13(18-2)7-8-19-14/h3-8,11,16H,9,15H2,1-2H3. The van der Waals surface area contributed by atoms with E-state index in [1.165, 1.54) is 0 Å². The zero-order chi connectivity index (χ0) is 13.7. The summed E-state index contributed by atoms with van der Waals surface area (Å²) in [6.45, 7) is 0. The lowest BCUT2D eigenvalue weighted by Gasteiger charge is -2.17. The van der Waals surface area contributed by atoms with Crippen LogP contribution < -0.4 is 20.7 Å². The van der Waals surface area contributed by atoms with Gasteiger partial charge < -0.3 is 9.47 Å². The van der Waals surface area contributed by atoms with Crippen molar-refractivity contribution in [3.8, 4) is 11.5 Å². The topological polar surface area (TPSA) is 56.5 Å². The summed E-state index contributed by atoms with van der Waals surface area (Å²) in [5.74, 6) is 7.42. The Hall–Kier alpha value is -1.56. The largest absolute Gasteiger partial charge is 0.496 e. The number of hydrogen-bond acceptors (Lipinski definition) is 5. The molecule has 4 nitrogen and oxygen atoms in total. The van der Waals surface area contributed by atoms with Gasteiger partial charge in [0.15, 0.2) is 0 Å². The van der Waals surface area contributed by atoms with E-state index in [0.29, 0.717) is 0 Å². The Morgan fingerprint density at radius 1 is 1.16 bits per heavy atom. The van der Waals surface area contributed by atoms with Crippen LogP contribution in [0.2, 0.25) is 0 Å². The molecule has 2 rings (SSSR count). The molecule has 102 valence electrons. The van der Waals surface area contributed by atoms with Crippen molar-refractivity contribution in [1.82, 2.24) is 5.43 Å². The summed E-state index contributed by atoms with van der Waals surface area (Å²) in [6, 6.07) is 9.91. The van der Waals surface area contributed by atoms with Gasteiger partial charge in [-0.1, -0.05) is 18.2 Å². The Labute approximate surface area is 117 Å². The van der Waals surface area contributed by atoms with Gasteiger partial charge in [-0.05, 0) is 29.5 Å². The fourth-order valence-corrected chi connectivity index (χ4v) is 2.97. The van der Waals surface area contributed by atoms with E-state index in [1.54, 1.807) is 25.6 Å². The van der Waals surface area contributed by atoms with Crippen LogP contribution in [0.4, 0.5) is 0 Å². The van der Waals surface area contributed by atoms with Crippen molar-refractivity contribution in [3.63, 3.8) is 0 Å². The van der Waals surface area contributed by atoms with Gasteiger partial charge in [-0.2, -0.15) is 0 Å². The Morgan fingerprint density at radius 3 is 2.58 bits per heavy atom. The molecule has 0 bridgehead atoms. The fourth-order valence-electron chi connectivity index (χ4n) is 2.05. The molecule has 1 aromatic carbocycles.